The zero-order chi connectivity index (χ0) is 23.2. The quantitative estimate of drug-likeness (QED) is 0.410. The summed E-state index contributed by atoms with van der Waals surface area (Å²) in [6, 6.07) is 17.5. The first kappa shape index (κ1) is 22.3. The van der Waals surface area contributed by atoms with E-state index < -0.39 is 0 Å². The van der Waals surface area contributed by atoms with Gasteiger partial charge in [-0.1, -0.05) is 30.3 Å². The van der Waals surface area contributed by atoms with Crippen LogP contribution in [0, 0.1) is 0 Å². The van der Waals surface area contributed by atoms with Crippen molar-refractivity contribution in [1.29, 1.82) is 0 Å². The van der Waals surface area contributed by atoms with Gasteiger partial charge in [-0.25, -0.2) is 9.97 Å². The fourth-order valence-corrected chi connectivity index (χ4v) is 3.59. The smallest absolute Gasteiger partial charge is 0.221 e. The predicted molar refractivity (Wildman–Crippen MR) is 130 cm³/mol. The lowest BCUT2D eigenvalue weighted by Crippen LogP contribution is -2.31. The number of aromatic nitrogens is 3. The standard InChI is InChI=1S/C25H28N6O2/c1-30(2)15-13-27-22(32)12-14-31-16-21(23-24(26)28-17-29-25(23)31)18-8-10-20(11-9-18)33-19-6-4-3-5-7-19/h3-11,16-17H,12-15H2,1-2H3,(H,27,32)(H2,26,28,29). The van der Waals surface area contributed by atoms with Crippen LogP contribution in [0.4, 0.5) is 5.82 Å². The third-order valence-electron chi connectivity index (χ3n) is 5.29. The molecule has 4 aromatic rings. The summed E-state index contributed by atoms with van der Waals surface area (Å²) in [5.41, 5.74) is 8.82. The Bertz CT molecular complexity index is 1220. The molecule has 0 radical (unpaired) electrons. The number of benzene rings is 2. The minimum Gasteiger partial charge on any atom is -0.457 e. The molecule has 0 atom stereocenters. The normalized spacial score (nSPS) is 11.1. The number of fused-ring (bicyclic) bond motifs is 1. The topological polar surface area (TPSA) is 98.3 Å². The van der Waals surface area contributed by atoms with E-state index in [2.05, 4.69) is 15.3 Å². The molecule has 3 N–H and O–H groups in total. The number of aryl methyl sites for hydroxylation is 1. The highest BCUT2D eigenvalue weighted by atomic mass is 16.5. The maximum Gasteiger partial charge on any atom is 0.221 e. The Hall–Kier alpha value is -3.91. The first-order valence-electron chi connectivity index (χ1n) is 10.9. The molecular formula is C25H28N6O2. The van der Waals surface area contributed by atoms with Crippen LogP contribution in [0.2, 0.25) is 0 Å². The predicted octanol–water partition coefficient (Wildman–Crippen LogP) is 3.54. The molecule has 0 aliphatic heterocycles. The second kappa shape index (κ2) is 10.1. The van der Waals surface area contributed by atoms with Crippen molar-refractivity contribution >= 4 is 22.8 Å². The molecule has 1 amide bonds. The van der Waals surface area contributed by atoms with E-state index in [1.807, 2.05) is 84.4 Å². The SMILES string of the molecule is CN(C)CCNC(=O)CCn1cc(-c2ccc(Oc3ccccc3)cc2)c2c(N)ncnc21. The molecule has 0 aliphatic carbocycles. The summed E-state index contributed by atoms with van der Waals surface area (Å²) in [5.74, 6) is 1.94. The number of amides is 1. The van der Waals surface area contributed by atoms with Gasteiger partial charge >= 0.3 is 0 Å². The highest BCUT2D eigenvalue weighted by Gasteiger charge is 2.16. The summed E-state index contributed by atoms with van der Waals surface area (Å²) in [6.45, 7) is 1.92. The summed E-state index contributed by atoms with van der Waals surface area (Å²) in [5, 5.41) is 3.72. The molecule has 2 aromatic heterocycles. The Labute approximate surface area is 193 Å². The average Bonchev–Trinajstić information content (AvgIpc) is 3.19. The average molecular weight is 445 g/mol. The number of nitrogen functional groups attached to an aromatic ring is 1. The lowest BCUT2D eigenvalue weighted by Gasteiger charge is -2.10. The molecule has 0 aliphatic rings. The fraction of sp³-hybridized carbons (Fsp3) is 0.240. The van der Waals surface area contributed by atoms with Crippen molar-refractivity contribution in [3.05, 3.63) is 67.1 Å². The maximum atomic E-state index is 12.3. The lowest BCUT2D eigenvalue weighted by molar-refractivity contribution is -0.121. The Morgan fingerprint density at radius 3 is 2.52 bits per heavy atom. The lowest BCUT2D eigenvalue weighted by atomic mass is 10.1. The van der Waals surface area contributed by atoms with Gasteiger partial charge in [0.2, 0.25) is 5.91 Å². The number of carbonyl (C=O) groups is 1. The highest BCUT2D eigenvalue weighted by Crippen LogP contribution is 2.34. The number of hydrogen-bond donors (Lipinski definition) is 2. The minimum atomic E-state index is 0.00434. The van der Waals surface area contributed by atoms with Gasteiger partial charge in [-0.3, -0.25) is 4.79 Å². The summed E-state index contributed by atoms with van der Waals surface area (Å²) in [7, 11) is 3.95. The third kappa shape index (κ3) is 5.48. The first-order valence-corrected chi connectivity index (χ1v) is 10.9. The number of likely N-dealkylation sites (N-methyl/N-ethyl adjacent to an activating group) is 1. The number of nitrogens with one attached hydrogen (secondary N) is 1. The van der Waals surface area contributed by atoms with Crippen LogP contribution >= 0.6 is 0 Å². The molecule has 2 aromatic carbocycles. The number of rotatable bonds is 9. The number of anilines is 1. The highest BCUT2D eigenvalue weighted by molar-refractivity contribution is 6.00. The van der Waals surface area contributed by atoms with Crippen molar-refractivity contribution in [2.75, 3.05) is 32.9 Å². The van der Waals surface area contributed by atoms with Gasteiger partial charge in [0.05, 0.1) is 5.39 Å². The van der Waals surface area contributed by atoms with Crippen molar-refractivity contribution in [3.8, 4) is 22.6 Å². The molecule has 0 bridgehead atoms. The Balaban J connectivity index is 1.54. The van der Waals surface area contributed by atoms with E-state index in [9.17, 15) is 4.79 Å². The van der Waals surface area contributed by atoms with Gasteiger partial charge in [0.15, 0.2) is 0 Å². The van der Waals surface area contributed by atoms with Crippen LogP contribution in [0.5, 0.6) is 11.5 Å². The van der Waals surface area contributed by atoms with Crippen LogP contribution in [-0.4, -0.2) is 52.5 Å². The summed E-state index contributed by atoms with van der Waals surface area (Å²) < 4.78 is 7.86. The van der Waals surface area contributed by atoms with E-state index in [1.54, 1.807) is 0 Å². The van der Waals surface area contributed by atoms with Crippen LogP contribution in [0.1, 0.15) is 6.42 Å². The molecule has 33 heavy (non-hydrogen) atoms. The Morgan fingerprint density at radius 2 is 1.79 bits per heavy atom. The van der Waals surface area contributed by atoms with Gasteiger partial charge in [0, 0.05) is 37.8 Å². The Morgan fingerprint density at radius 1 is 1.06 bits per heavy atom. The van der Waals surface area contributed by atoms with E-state index in [1.165, 1.54) is 6.33 Å². The second-order valence-electron chi connectivity index (χ2n) is 8.04. The first-order chi connectivity index (χ1) is 16.0. The maximum absolute atomic E-state index is 12.3. The van der Waals surface area contributed by atoms with Crippen LogP contribution < -0.4 is 15.8 Å². The summed E-state index contributed by atoms with van der Waals surface area (Å²) >= 11 is 0. The van der Waals surface area contributed by atoms with Crippen LogP contribution in [0.3, 0.4) is 0 Å². The monoisotopic (exact) mass is 444 g/mol. The molecule has 0 unspecified atom stereocenters. The zero-order valence-corrected chi connectivity index (χ0v) is 18.9. The van der Waals surface area contributed by atoms with Crippen molar-refractivity contribution in [2.45, 2.75) is 13.0 Å². The molecule has 0 saturated carbocycles. The van der Waals surface area contributed by atoms with Gasteiger partial charge in [-0.15, -0.1) is 0 Å². The largest absolute Gasteiger partial charge is 0.457 e. The zero-order valence-electron chi connectivity index (χ0n) is 18.9. The molecular weight excluding hydrogens is 416 g/mol. The van der Waals surface area contributed by atoms with Gasteiger partial charge in [0.1, 0.15) is 29.3 Å². The van der Waals surface area contributed by atoms with Gasteiger partial charge in [0.25, 0.3) is 0 Å². The number of para-hydroxylation sites is 1. The van der Waals surface area contributed by atoms with E-state index in [0.717, 1.165) is 34.6 Å². The molecule has 0 fully saturated rings. The minimum absolute atomic E-state index is 0.00434. The number of hydrogen-bond acceptors (Lipinski definition) is 6. The molecule has 8 heteroatoms. The molecule has 0 saturated heterocycles. The fourth-order valence-electron chi connectivity index (χ4n) is 3.59. The van der Waals surface area contributed by atoms with Crippen molar-refractivity contribution in [3.63, 3.8) is 0 Å². The number of ether oxygens (including phenoxy) is 1. The van der Waals surface area contributed by atoms with E-state index in [4.69, 9.17) is 10.5 Å². The van der Waals surface area contributed by atoms with Crippen LogP contribution in [0.25, 0.3) is 22.2 Å². The van der Waals surface area contributed by atoms with Crippen molar-refractivity contribution in [1.82, 2.24) is 24.8 Å². The number of carbonyl (C=O) groups excluding carboxylic acids is 1. The molecule has 4 rings (SSSR count). The van der Waals surface area contributed by atoms with E-state index in [-0.39, 0.29) is 5.91 Å². The van der Waals surface area contributed by atoms with Crippen molar-refractivity contribution < 1.29 is 9.53 Å². The van der Waals surface area contributed by atoms with Gasteiger partial charge < -0.3 is 25.3 Å². The van der Waals surface area contributed by atoms with Gasteiger partial charge in [-0.2, -0.15) is 0 Å². The number of nitrogens with two attached hydrogens (primary N) is 1. The molecule has 0 spiro atoms. The molecule has 8 nitrogen and oxygen atoms in total. The van der Waals surface area contributed by atoms with E-state index >= 15 is 0 Å². The van der Waals surface area contributed by atoms with Crippen molar-refractivity contribution in [2.24, 2.45) is 0 Å². The Kier molecular flexibility index (Phi) is 6.85. The van der Waals surface area contributed by atoms with Crippen LogP contribution in [-0.2, 0) is 11.3 Å². The summed E-state index contributed by atoms with van der Waals surface area (Å²) in [6.07, 6.45) is 3.78. The second-order valence-corrected chi connectivity index (χ2v) is 8.04. The summed E-state index contributed by atoms with van der Waals surface area (Å²) in [4.78, 5) is 22.9. The number of nitrogens with zero attached hydrogens (tertiary/aromatic N) is 4. The van der Waals surface area contributed by atoms with Gasteiger partial charge in [-0.05, 0) is 43.9 Å². The molecule has 170 valence electrons. The third-order valence-corrected chi connectivity index (χ3v) is 5.29. The van der Waals surface area contributed by atoms with Crippen LogP contribution in [0.15, 0.2) is 67.1 Å². The van der Waals surface area contributed by atoms with E-state index in [0.29, 0.717) is 31.0 Å². The molecule has 2 heterocycles.